The van der Waals surface area contributed by atoms with Crippen LogP contribution in [0.4, 0.5) is 0 Å². The second-order valence-corrected chi connectivity index (χ2v) is 16.5. The predicted octanol–water partition coefficient (Wildman–Crippen LogP) is 1.55. The highest BCUT2D eigenvalue weighted by Gasteiger charge is 2.31. The summed E-state index contributed by atoms with van der Waals surface area (Å²) in [5, 5.41) is 0. The zero-order valence-corrected chi connectivity index (χ0v) is 14.1. The molecule has 0 heterocycles. The van der Waals surface area contributed by atoms with Gasteiger partial charge >= 0.3 is 8.56 Å². The van der Waals surface area contributed by atoms with Crippen LogP contribution in [0.3, 0.4) is 0 Å². The van der Waals surface area contributed by atoms with Gasteiger partial charge in [0, 0.05) is 0 Å². The molecule has 0 spiro atoms. The summed E-state index contributed by atoms with van der Waals surface area (Å²) in [6.45, 7) is 10.7. The molecule has 0 bridgehead atoms. The average molecular weight is 274 g/mol. The van der Waals surface area contributed by atoms with Gasteiger partial charge in [0.2, 0.25) is 9.92 Å². The second kappa shape index (κ2) is 5.35. The first-order chi connectivity index (χ1) is 5.62. The van der Waals surface area contributed by atoms with E-state index in [0.29, 0.717) is 0 Å². The molecule has 0 saturated carbocycles. The molecule has 0 aliphatic rings. The fourth-order valence-electron chi connectivity index (χ4n) is 0.980. The minimum absolute atomic E-state index is 0.806. The molecule has 13 heavy (non-hydrogen) atoms. The first kappa shape index (κ1) is 14.2. The Morgan fingerprint density at radius 3 is 1.85 bits per heavy atom. The van der Waals surface area contributed by atoms with Crippen LogP contribution in [0.1, 0.15) is 0 Å². The van der Waals surface area contributed by atoms with Crippen molar-refractivity contribution in [2.24, 2.45) is 0 Å². The van der Waals surface area contributed by atoms with Crippen molar-refractivity contribution < 1.29 is 8.23 Å². The first-order valence-corrected chi connectivity index (χ1v) is 12.4. The average Bonchev–Trinajstić information content (AvgIpc) is 1.78. The Balaban J connectivity index is 3.94. The third-order valence-corrected chi connectivity index (χ3v) is 9.72. The van der Waals surface area contributed by atoms with Crippen molar-refractivity contribution in [1.29, 1.82) is 0 Å². The van der Waals surface area contributed by atoms with E-state index in [2.05, 4.69) is 58.4 Å². The Hall–Kier alpha value is 1.23. The van der Waals surface area contributed by atoms with Gasteiger partial charge in [-0.15, -0.1) is 0 Å². The Bertz CT molecular complexity index is 162. The van der Waals surface area contributed by atoms with E-state index >= 15 is 0 Å². The molecule has 0 fully saturated rings. The third-order valence-electron chi connectivity index (χ3n) is 1.08. The molecule has 0 unspecified atom stereocenters. The molecule has 0 amide bonds. The highest BCUT2D eigenvalue weighted by Crippen LogP contribution is 2.15. The highest BCUT2D eigenvalue weighted by molar-refractivity contribution is 7.95. The molecule has 80 valence electrons. The fraction of sp³-hybridized carbons (Fsp3) is 1.00. The van der Waals surface area contributed by atoms with E-state index in [9.17, 15) is 0 Å². The van der Waals surface area contributed by atoms with E-state index in [-0.39, 0.29) is 0 Å². The van der Waals surface area contributed by atoms with E-state index in [0.717, 1.165) is 0 Å². The van der Waals surface area contributed by atoms with Gasteiger partial charge < -0.3 is 8.23 Å². The summed E-state index contributed by atoms with van der Waals surface area (Å²) in [6, 6.07) is 0. The molecule has 8 heteroatoms. The second-order valence-electron chi connectivity index (χ2n) is 4.26. The van der Waals surface area contributed by atoms with Gasteiger partial charge in [0.25, 0.3) is 0 Å². The third kappa shape index (κ3) is 9.53. The van der Waals surface area contributed by atoms with Gasteiger partial charge in [-0.25, -0.2) is 3.38 Å². The number of thiol groups is 2. The van der Waals surface area contributed by atoms with E-state index in [1.54, 1.807) is 3.38 Å². The lowest BCUT2D eigenvalue weighted by atomic mass is 11.8. The standard InChI is InChI=1S/C5H19NO2S2Si3/c1-12(2,3)8-13(4,5)7-11-6(9)10/h9-10H,11H2,1-5H3. The van der Waals surface area contributed by atoms with E-state index in [1.165, 1.54) is 0 Å². The lowest BCUT2D eigenvalue weighted by Crippen LogP contribution is -2.46. The summed E-state index contributed by atoms with van der Waals surface area (Å²) < 4.78 is 13.2. The summed E-state index contributed by atoms with van der Waals surface area (Å²) in [7, 11) is -4.20. The summed E-state index contributed by atoms with van der Waals surface area (Å²) in [4.78, 5) is 0. The van der Waals surface area contributed by atoms with Crippen molar-refractivity contribution in [3.05, 3.63) is 0 Å². The van der Waals surface area contributed by atoms with Gasteiger partial charge in [-0.3, -0.25) is 0 Å². The molecule has 0 aromatic carbocycles. The number of hydrogen-bond acceptors (Lipinski definition) is 5. The van der Waals surface area contributed by atoms with Crippen LogP contribution in [0.25, 0.3) is 0 Å². The van der Waals surface area contributed by atoms with Gasteiger partial charge in [-0.1, -0.05) is 25.6 Å². The van der Waals surface area contributed by atoms with Gasteiger partial charge in [0.1, 0.15) is 0 Å². The quantitative estimate of drug-likeness (QED) is 0.586. The Morgan fingerprint density at radius 2 is 1.54 bits per heavy atom. The van der Waals surface area contributed by atoms with Crippen molar-refractivity contribution in [3.63, 3.8) is 0 Å². The maximum atomic E-state index is 5.97. The topological polar surface area (TPSA) is 21.7 Å². The summed E-state index contributed by atoms with van der Waals surface area (Å²) in [5.41, 5.74) is 0. The van der Waals surface area contributed by atoms with Gasteiger partial charge in [-0.2, -0.15) is 0 Å². The first-order valence-electron chi connectivity index (χ1n) is 4.12. The van der Waals surface area contributed by atoms with E-state index in [4.69, 9.17) is 8.23 Å². The molecule has 0 rings (SSSR count). The van der Waals surface area contributed by atoms with Crippen LogP contribution in [0.2, 0.25) is 32.7 Å². The normalized spacial score (nSPS) is 14.8. The molecule has 0 atom stereocenters. The predicted molar refractivity (Wildman–Crippen MR) is 71.4 cm³/mol. The number of hydrogen-bond donors (Lipinski definition) is 2. The van der Waals surface area contributed by atoms with Crippen LogP contribution >= 0.6 is 25.6 Å². The smallest absolute Gasteiger partial charge is 0.311 e. The molecular formula is C5H19NO2S2Si3. The zero-order chi connectivity index (χ0) is 10.7. The Labute approximate surface area is 96.7 Å². The summed E-state index contributed by atoms with van der Waals surface area (Å²) >= 11 is 8.07. The molecular weight excluding hydrogens is 254 g/mol. The minimum Gasteiger partial charge on any atom is -0.437 e. The highest BCUT2D eigenvalue weighted by atomic mass is 32.2. The monoisotopic (exact) mass is 273 g/mol. The molecule has 0 radical (unpaired) electrons. The maximum Gasteiger partial charge on any atom is 0.311 e. The molecule has 0 aromatic heterocycles. The molecule has 3 nitrogen and oxygen atoms in total. The number of rotatable bonds is 5. The molecule has 0 N–H and O–H groups in total. The molecule has 0 aliphatic heterocycles. The van der Waals surface area contributed by atoms with Crippen molar-refractivity contribution in [1.82, 2.24) is 3.38 Å². The van der Waals surface area contributed by atoms with E-state index < -0.39 is 26.8 Å². The lowest BCUT2D eigenvalue weighted by molar-refractivity contribution is 0.405. The van der Waals surface area contributed by atoms with Gasteiger partial charge in [0.05, 0.1) is 0 Å². The zero-order valence-electron chi connectivity index (χ0n) is 8.87. The van der Waals surface area contributed by atoms with Crippen molar-refractivity contribution >= 4 is 52.4 Å². The van der Waals surface area contributed by atoms with Crippen LogP contribution in [-0.4, -0.2) is 30.2 Å². The van der Waals surface area contributed by atoms with Crippen molar-refractivity contribution in [3.8, 4) is 0 Å². The SMILES string of the molecule is C[Si](C)(C)O[Si](C)(C)O[SiH2]N(S)S. The van der Waals surface area contributed by atoms with Crippen LogP contribution in [0.5, 0.6) is 0 Å². The lowest BCUT2D eigenvalue weighted by Gasteiger charge is -2.31. The van der Waals surface area contributed by atoms with Crippen LogP contribution in [-0.2, 0) is 8.23 Å². The molecule has 0 saturated heterocycles. The number of nitrogens with zero attached hydrogens (tertiary/aromatic N) is 1. The molecule has 0 aromatic rings. The van der Waals surface area contributed by atoms with Gasteiger partial charge in [-0.05, 0) is 32.7 Å². The van der Waals surface area contributed by atoms with Gasteiger partial charge in [0.15, 0.2) is 8.32 Å². The fourth-order valence-corrected chi connectivity index (χ4v) is 10.4. The van der Waals surface area contributed by atoms with Crippen LogP contribution in [0.15, 0.2) is 0 Å². The van der Waals surface area contributed by atoms with Crippen LogP contribution < -0.4 is 0 Å². The van der Waals surface area contributed by atoms with Crippen molar-refractivity contribution in [2.75, 3.05) is 0 Å². The molecule has 0 aliphatic carbocycles. The summed E-state index contributed by atoms with van der Waals surface area (Å²) in [5.74, 6) is 0. The minimum atomic E-state index is -1.92. The van der Waals surface area contributed by atoms with E-state index in [1.807, 2.05) is 0 Å². The summed E-state index contributed by atoms with van der Waals surface area (Å²) in [6.07, 6.45) is 0. The Morgan fingerprint density at radius 1 is 1.08 bits per heavy atom. The van der Waals surface area contributed by atoms with Crippen LogP contribution in [0, 0.1) is 0 Å². The maximum absolute atomic E-state index is 5.97. The van der Waals surface area contributed by atoms with Crippen molar-refractivity contribution in [2.45, 2.75) is 32.7 Å². The largest absolute Gasteiger partial charge is 0.437 e. The Kier molecular flexibility index (Phi) is 5.86.